The molecular weight excluding hydrogens is 391 g/mol. The van der Waals surface area contributed by atoms with Crippen LogP contribution in [0.15, 0.2) is 24.8 Å². The fourth-order valence-corrected chi connectivity index (χ4v) is 3.40. The molecule has 0 aliphatic carbocycles. The molecule has 1 aliphatic rings. The Morgan fingerprint density at radius 1 is 1.23 bits per heavy atom. The quantitative estimate of drug-likeness (QED) is 0.354. The molecule has 1 aromatic rings. The number of benzene rings is 1. The SMILES string of the molecule is C=CCCCC[C@H](c1cc(C(F)(F)F)cc(Cl)c1F)N1CCNCC1.Cl. The van der Waals surface area contributed by atoms with E-state index in [1.807, 2.05) is 11.0 Å². The predicted molar refractivity (Wildman–Crippen MR) is 99.5 cm³/mol. The summed E-state index contributed by atoms with van der Waals surface area (Å²) < 4.78 is 54.0. The molecule has 0 spiro atoms. The third kappa shape index (κ3) is 6.12. The fourth-order valence-electron chi connectivity index (χ4n) is 3.17. The van der Waals surface area contributed by atoms with Gasteiger partial charge in [-0.2, -0.15) is 13.2 Å². The molecule has 148 valence electrons. The van der Waals surface area contributed by atoms with Gasteiger partial charge in [-0.15, -0.1) is 19.0 Å². The van der Waals surface area contributed by atoms with Crippen LogP contribution in [0, 0.1) is 5.82 Å². The Morgan fingerprint density at radius 3 is 2.46 bits per heavy atom. The van der Waals surface area contributed by atoms with Gasteiger partial charge in [0.2, 0.25) is 0 Å². The molecule has 1 aromatic carbocycles. The van der Waals surface area contributed by atoms with Crippen LogP contribution in [-0.2, 0) is 6.18 Å². The van der Waals surface area contributed by atoms with Crippen LogP contribution in [0.25, 0.3) is 0 Å². The van der Waals surface area contributed by atoms with Crippen molar-refractivity contribution in [3.05, 3.63) is 46.8 Å². The fraction of sp³-hybridized carbons (Fsp3) is 0.556. The van der Waals surface area contributed by atoms with E-state index in [9.17, 15) is 17.6 Å². The van der Waals surface area contributed by atoms with Gasteiger partial charge in [0.25, 0.3) is 0 Å². The summed E-state index contributed by atoms with van der Waals surface area (Å²) in [4.78, 5) is 2.04. The Labute approximate surface area is 163 Å². The van der Waals surface area contributed by atoms with Crippen molar-refractivity contribution in [2.75, 3.05) is 26.2 Å². The van der Waals surface area contributed by atoms with Crippen molar-refractivity contribution in [2.45, 2.75) is 37.9 Å². The zero-order valence-corrected chi connectivity index (χ0v) is 16.0. The second-order valence-corrected chi connectivity index (χ2v) is 6.64. The van der Waals surface area contributed by atoms with Crippen LogP contribution < -0.4 is 5.32 Å². The van der Waals surface area contributed by atoms with Crippen molar-refractivity contribution in [3.8, 4) is 0 Å². The summed E-state index contributed by atoms with van der Waals surface area (Å²) in [5, 5.41) is 2.73. The number of unbranched alkanes of at least 4 members (excludes halogenated alkanes) is 2. The number of hydrogen-bond donors (Lipinski definition) is 1. The van der Waals surface area contributed by atoms with Crippen molar-refractivity contribution in [2.24, 2.45) is 0 Å². The average Bonchev–Trinajstić information content (AvgIpc) is 2.58. The van der Waals surface area contributed by atoms with E-state index in [4.69, 9.17) is 11.6 Å². The molecule has 1 saturated heterocycles. The van der Waals surface area contributed by atoms with E-state index < -0.39 is 28.6 Å². The smallest absolute Gasteiger partial charge is 0.314 e. The number of piperazine rings is 1. The Morgan fingerprint density at radius 2 is 1.88 bits per heavy atom. The van der Waals surface area contributed by atoms with E-state index in [0.29, 0.717) is 25.6 Å². The highest BCUT2D eigenvalue weighted by molar-refractivity contribution is 6.30. The number of alkyl halides is 3. The molecule has 0 unspecified atom stereocenters. The summed E-state index contributed by atoms with van der Waals surface area (Å²) >= 11 is 5.77. The number of allylic oxidation sites excluding steroid dienone is 1. The third-order valence-electron chi connectivity index (χ3n) is 4.47. The van der Waals surface area contributed by atoms with Gasteiger partial charge < -0.3 is 5.32 Å². The van der Waals surface area contributed by atoms with E-state index in [0.717, 1.165) is 38.4 Å². The van der Waals surface area contributed by atoms with E-state index in [-0.39, 0.29) is 18.0 Å². The zero-order chi connectivity index (χ0) is 18.4. The molecule has 26 heavy (non-hydrogen) atoms. The van der Waals surface area contributed by atoms with Gasteiger partial charge in [0.15, 0.2) is 0 Å². The van der Waals surface area contributed by atoms with Crippen LogP contribution in [0.5, 0.6) is 0 Å². The number of hydrogen-bond acceptors (Lipinski definition) is 2. The maximum absolute atomic E-state index is 14.6. The monoisotopic (exact) mass is 414 g/mol. The van der Waals surface area contributed by atoms with Crippen molar-refractivity contribution in [3.63, 3.8) is 0 Å². The second-order valence-electron chi connectivity index (χ2n) is 6.23. The van der Waals surface area contributed by atoms with E-state index in [1.54, 1.807) is 0 Å². The largest absolute Gasteiger partial charge is 0.416 e. The van der Waals surface area contributed by atoms with Crippen LogP contribution >= 0.6 is 24.0 Å². The topological polar surface area (TPSA) is 15.3 Å². The van der Waals surface area contributed by atoms with Crippen LogP contribution in [-0.4, -0.2) is 31.1 Å². The molecule has 2 rings (SSSR count). The predicted octanol–water partition coefficient (Wildman–Crippen LogP) is 5.61. The Bertz CT molecular complexity index is 587. The summed E-state index contributed by atoms with van der Waals surface area (Å²) in [6.07, 6.45) is 0.335. The summed E-state index contributed by atoms with van der Waals surface area (Å²) in [7, 11) is 0. The lowest BCUT2D eigenvalue weighted by Gasteiger charge is -2.36. The summed E-state index contributed by atoms with van der Waals surface area (Å²) in [5.41, 5.74) is -0.861. The Kier molecular flexibility index (Phi) is 9.38. The molecule has 2 nitrogen and oxygen atoms in total. The highest BCUT2D eigenvalue weighted by Gasteiger charge is 2.34. The number of rotatable bonds is 7. The van der Waals surface area contributed by atoms with E-state index in [1.165, 1.54) is 0 Å². The van der Waals surface area contributed by atoms with Crippen LogP contribution in [0.4, 0.5) is 17.6 Å². The molecular formula is C18H24Cl2F4N2. The van der Waals surface area contributed by atoms with Gasteiger partial charge in [-0.05, 0) is 31.4 Å². The minimum Gasteiger partial charge on any atom is -0.314 e. The van der Waals surface area contributed by atoms with Crippen molar-refractivity contribution < 1.29 is 17.6 Å². The normalized spacial score (nSPS) is 16.8. The van der Waals surface area contributed by atoms with Gasteiger partial charge in [-0.1, -0.05) is 24.1 Å². The molecule has 0 amide bonds. The first-order valence-electron chi connectivity index (χ1n) is 8.46. The average molecular weight is 415 g/mol. The zero-order valence-electron chi connectivity index (χ0n) is 14.4. The van der Waals surface area contributed by atoms with Gasteiger partial charge in [0.1, 0.15) is 5.82 Å². The van der Waals surface area contributed by atoms with Crippen molar-refractivity contribution in [1.82, 2.24) is 10.2 Å². The Balaban J connectivity index is 0.00000338. The van der Waals surface area contributed by atoms with Gasteiger partial charge in [-0.25, -0.2) is 4.39 Å². The first kappa shape index (κ1) is 23.2. The molecule has 0 radical (unpaired) electrons. The standard InChI is InChI=1S/C18H23ClF4N2.ClH/c1-2-3-4-5-6-16(25-9-7-24-8-10-25)14-11-13(18(21,22)23)12-15(19)17(14)20;/h2,11-12,16,24H,1,3-10H2;1H/t16-;/m1./s1. The highest BCUT2D eigenvalue weighted by Crippen LogP contribution is 2.38. The first-order chi connectivity index (χ1) is 11.8. The van der Waals surface area contributed by atoms with Crippen LogP contribution in [0.3, 0.4) is 0 Å². The molecule has 1 fully saturated rings. The molecule has 0 aromatic heterocycles. The summed E-state index contributed by atoms with van der Waals surface area (Å²) in [5.74, 6) is -0.748. The summed E-state index contributed by atoms with van der Waals surface area (Å²) in [6.45, 7) is 6.47. The molecule has 0 bridgehead atoms. The van der Waals surface area contributed by atoms with Gasteiger partial charge in [0, 0.05) is 37.8 Å². The molecule has 0 saturated carbocycles. The van der Waals surface area contributed by atoms with Gasteiger partial charge in [-0.3, -0.25) is 4.90 Å². The van der Waals surface area contributed by atoms with Gasteiger partial charge in [0.05, 0.1) is 10.6 Å². The highest BCUT2D eigenvalue weighted by atomic mass is 35.5. The number of halogens is 6. The second kappa shape index (κ2) is 10.5. The molecule has 1 atom stereocenters. The lowest BCUT2D eigenvalue weighted by atomic mass is 9.95. The van der Waals surface area contributed by atoms with Crippen LogP contribution in [0.2, 0.25) is 5.02 Å². The lowest BCUT2D eigenvalue weighted by Crippen LogP contribution is -2.45. The minimum atomic E-state index is -4.55. The number of nitrogens with one attached hydrogen (secondary N) is 1. The maximum Gasteiger partial charge on any atom is 0.416 e. The molecule has 1 heterocycles. The lowest BCUT2D eigenvalue weighted by molar-refractivity contribution is -0.137. The van der Waals surface area contributed by atoms with E-state index >= 15 is 0 Å². The first-order valence-corrected chi connectivity index (χ1v) is 8.84. The molecule has 8 heteroatoms. The molecule has 1 aliphatic heterocycles. The Hall–Kier alpha value is -0.820. The maximum atomic E-state index is 14.6. The van der Waals surface area contributed by atoms with Crippen LogP contribution in [0.1, 0.15) is 42.9 Å². The van der Waals surface area contributed by atoms with E-state index in [2.05, 4.69) is 11.9 Å². The van der Waals surface area contributed by atoms with Crippen molar-refractivity contribution in [1.29, 1.82) is 0 Å². The summed E-state index contributed by atoms with van der Waals surface area (Å²) in [6, 6.07) is 1.17. The van der Waals surface area contributed by atoms with Gasteiger partial charge >= 0.3 is 6.18 Å². The van der Waals surface area contributed by atoms with Crippen molar-refractivity contribution >= 4 is 24.0 Å². The minimum absolute atomic E-state index is 0. The molecule has 1 N–H and O–H groups in total. The number of nitrogens with zero attached hydrogens (tertiary/aromatic N) is 1. The third-order valence-corrected chi connectivity index (χ3v) is 4.75.